The van der Waals surface area contributed by atoms with Crippen LogP contribution in [-0.2, 0) is 38.6 Å². The zero-order valence-corrected chi connectivity index (χ0v) is 26.5. The summed E-state index contributed by atoms with van der Waals surface area (Å²) in [6.07, 6.45) is -0.448. The van der Waals surface area contributed by atoms with Crippen molar-refractivity contribution in [2.75, 3.05) is 0 Å². The molecule has 45 heavy (non-hydrogen) atoms. The van der Waals surface area contributed by atoms with Crippen LogP contribution in [0.3, 0.4) is 0 Å². The van der Waals surface area contributed by atoms with E-state index in [0.29, 0.717) is 12.4 Å². The monoisotopic (exact) mass is 616 g/mol. The first-order chi connectivity index (χ1) is 21.3. The molecule has 0 unspecified atom stereocenters. The quantitative estimate of drug-likeness (QED) is 0.215. The van der Waals surface area contributed by atoms with Crippen LogP contribution in [0.4, 0.5) is 4.79 Å². The molecule has 3 aromatic rings. The van der Waals surface area contributed by atoms with Crippen molar-refractivity contribution in [3.05, 3.63) is 102 Å². The summed E-state index contributed by atoms with van der Waals surface area (Å²) < 4.78 is 11.3. The lowest BCUT2D eigenvalue weighted by Crippen LogP contribution is -2.58. The number of carbonyl (C=O) groups excluding carboxylic acids is 4. The predicted molar refractivity (Wildman–Crippen MR) is 172 cm³/mol. The van der Waals surface area contributed by atoms with Crippen LogP contribution >= 0.6 is 0 Å². The first kappa shape index (κ1) is 34.6. The molecule has 240 valence electrons. The van der Waals surface area contributed by atoms with E-state index in [9.17, 15) is 19.2 Å². The first-order valence-electron chi connectivity index (χ1n) is 15.0. The summed E-state index contributed by atoms with van der Waals surface area (Å²) in [6.45, 7) is 9.11. The standard InChI is InChI=1S/C35H44N4O6/c1-23(2)30(33(42)37-28(31(36)40)20-24-12-8-6-9-13-24)39-32(41)29(38-34(43)45-35(3,4)5)21-25-16-18-27(19-17-25)44-22-26-14-10-7-11-15-26/h6-19,23,28-30H,20-22H2,1-5H3,(H2,36,40)(H,37,42)(H,38,43)(H,39,41)/t28-,29-,30-/m1/s1. The van der Waals surface area contributed by atoms with Crippen molar-refractivity contribution >= 4 is 23.8 Å². The molecule has 5 N–H and O–H groups in total. The van der Waals surface area contributed by atoms with Crippen LogP contribution < -0.4 is 26.4 Å². The molecule has 3 aromatic carbocycles. The number of hydrogen-bond donors (Lipinski definition) is 4. The van der Waals surface area contributed by atoms with Gasteiger partial charge < -0.3 is 31.2 Å². The molecule has 4 amide bonds. The van der Waals surface area contributed by atoms with Crippen molar-refractivity contribution in [2.24, 2.45) is 11.7 Å². The van der Waals surface area contributed by atoms with E-state index in [0.717, 1.165) is 16.7 Å². The van der Waals surface area contributed by atoms with Crippen LogP contribution in [0.2, 0.25) is 0 Å². The maximum Gasteiger partial charge on any atom is 0.408 e. The largest absolute Gasteiger partial charge is 0.489 e. The fourth-order valence-corrected chi connectivity index (χ4v) is 4.48. The molecule has 3 atom stereocenters. The Morgan fingerprint density at radius 1 is 0.689 bits per heavy atom. The highest BCUT2D eigenvalue weighted by molar-refractivity contribution is 5.94. The van der Waals surface area contributed by atoms with Gasteiger partial charge in [0, 0.05) is 12.8 Å². The summed E-state index contributed by atoms with van der Waals surface area (Å²) in [5, 5.41) is 8.10. The Balaban J connectivity index is 1.73. The smallest absolute Gasteiger partial charge is 0.408 e. The number of amides is 4. The van der Waals surface area contributed by atoms with E-state index in [-0.39, 0.29) is 18.8 Å². The van der Waals surface area contributed by atoms with E-state index in [1.54, 1.807) is 46.8 Å². The number of hydrogen-bond acceptors (Lipinski definition) is 6. The van der Waals surface area contributed by atoms with Gasteiger partial charge in [-0.2, -0.15) is 0 Å². The van der Waals surface area contributed by atoms with Gasteiger partial charge in [0.2, 0.25) is 17.7 Å². The zero-order valence-electron chi connectivity index (χ0n) is 26.5. The van der Waals surface area contributed by atoms with E-state index >= 15 is 0 Å². The number of benzene rings is 3. The van der Waals surface area contributed by atoms with Gasteiger partial charge in [0.05, 0.1) is 0 Å². The highest BCUT2D eigenvalue weighted by Crippen LogP contribution is 2.17. The minimum Gasteiger partial charge on any atom is -0.489 e. The lowest BCUT2D eigenvalue weighted by Gasteiger charge is -2.27. The summed E-state index contributed by atoms with van der Waals surface area (Å²) in [5.41, 5.74) is 7.42. The Bertz CT molecular complexity index is 1410. The van der Waals surface area contributed by atoms with Crippen LogP contribution in [-0.4, -0.2) is 47.5 Å². The van der Waals surface area contributed by atoms with Gasteiger partial charge in [0.25, 0.3) is 0 Å². The van der Waals surface area contributed by atoms with E-state index in [4.69, 9.17) is 15.2 Å². The maximum atomic E-state index is 13.6. The van der Waals surface area contributed by atoms with Crippen LogP contribution in [0, 0.1) is 5.92 Å². The van der Waals surface area contributed by atoms with Crippen molar-refractivity contribution in [3.8, 4) is 5.75 Å². The summed E-state index contributed by atoms with van der Waals surface area (Å²) >= 11 is 0. The van der Waals surface area contributed by atoms with Gasteiger partial charge in [-0.1, -0.05) is 86.6 Å². The number of nitrogens with one attached hydrogen (secondary N) is 3. The molecular weight excluding hydrogens is 572 g/mol. The Morgan fingerprint density at radius 2 is 1.22 bits per heavy atom. The van der Waals surface area contributed by atoms with Gasteiger partial charge in [-0.05, 0) is 55.5 Å². The minimum absolute atomic E-state index is 0.119. The third-order valence-corrected chi connectivity index (χ3v) is 6.81. The zero-order chi connectivity index (χ0) is 33.0. The second kappa shape index (κ2) is 16.3. The van der Waals surface area contributed by atoms with Crippen molar-refractivity contribution in [3.63, 3.8) is 0 Å². The summed E-state index contributed by atoms with van der Waals surface area (Å²) in [7, 11) is 0. The molecule has 0 spiro atoms. The molecule has 3 rings (SSSR count). The normalized spacial score (nSPS) is 13.2. The van der Waals surface area contributed by atoms with Crippen molar-refractivity contribution in [1.29, 1.82) is 0 Å². The Kier molecular flexibility index (Phi) is 12.5. The predicted octanol–water partition coefficient (Wildman–Crippen LogP) is 4.06. The molecule has 0 aliphatic carbocycles. The van der Waals surface area contributed by atoms with Gasteiger partial charge in [0.1, 0.15) is 36.1 Å². The second-order valence-corrected chi connectivity index (χ2v) is 12.2. The molecule has 0 saturated carbocycles. The van der Waals surface area contributed by atoms with E-state index < -0.39 is 47.5 Å². The molecule has 0 saturated heterocycles. The SMILES string of the molecule is CC(C)[C@@H](NC(=O)[C@@H](Cc1ccc(OCc2ccccc2)cc1)NC(=O)OC(C)(C)C)C(=O)N[C@H](Cc1ccccc1)C(N)=O. The lowest BCUT2D eigenvalue weighted by molar-refractivity contribution is -0.133. The summed E-state index contributed by atoms with van der Waals surface area (Å²) in [5.74, 6) is -1.53. The second-order valence-electron chi connectivity index (χ2n) is 12.2. The van der Waals surface area contributed by atoms with Gasteiger partial charge in [-0.25, -0.2) is 4.79 Å². The molecule has 0 aromatic heterocycles. The fraction of sp³-hybridized carbons (Fsp3) is 0.371. The molecule has 0 aliphatic heterocycles. The Labute approximate surface area is 265 Å². The molecule has 0 aliphatic rings. The lowest BCUT2D eigenvalue weighted by atomic mass is 9.99. The topological polar surface area (TPSA) is 149 Å². The van der Waals surface area contributed by atoms with Crippen molar-refractivity contribution in [1.82, 2.24) is 16.0 Å². The minimum atomic E-state index is -1.07. The summed E-state index contributed by atoms with van der Waals surface area (Å²) in [4.78, 5) is 51.9. The van der Waals surface area contributed by atoms with Gasteiger partial charge in [-0.3, -0.25) is 14.4 Å². The van der Waals surface area contributed by atoms with Crippen LogP contribution in [0.25, 0.3) is 0 Å². The molecule has 0 heterocycles. The van der Waals surface area contributed by atoms with Crippen LogP contribution in [0.1, 0.15) is 51.3 Å². The average Bonchev–Trinajstić information content (AvgIpc) is 2.98. The van der Waals surface area contributed by atoms with E-state index in [1.165, 1.54) is 0 Å². The van der Waals surface area contributed by atoms with Gasteiger partial charge in [0.15, 0.2) is 0 Å². The molecule has 0 bridgehead atoms. The number of primary amides is 1. The number of rotatable bonds is 14. The van der Waals surface area contributed by atoms with Crippen molar-refractivity contribution < 1.29 is 28.7 Å². The van der Waals surface area contributed by atoms with Crippen LogP contribution in [0.15, 0.2) is 84.9 Å². The van der Waals surface area contributed by atoms with Crippen molar-refractivity contribution in [2.45, 2.75) is 77.8 Å². The maximum absolute atomic E-state index is 13.6. The third kappa shape index (κ3) is 12.0. The molecule has 10 nitrogen and oxygen atoms in total. The number of alkyl carbamates (subject to hydrolysis) is 1. The molecule has 0 radical (unpaired) electrons. The Morgan fingerprint density at radius 3 is 1.76 bits per heavy atom. The summed E-state index contributed by atoms with van der Waals surface area (Å²) in [6, 6.07) is 23.1. The number of carbonyl (C=O) groups is 4. The molecule has 0 fully saturated rings. The van der Waals surface area contributed by atoms with Gasteiger partial charge in [-0.15, -0.1) is 0 Å². The molecule has 10 heteroatoms. The van der Waals surface area contributed by atoms with Crippen LogP contribution in [0.5, 0.6) is 5.75 Å². The van der Waals surface area contributed by atoms with E-state index in [2.05, 4.69) is 16.0 Å². The highest BCUT2D eigenvalue weighted by atomic mass is 16.6. The number of ether oxygens (including phenoxy) is 2. The number of nitrogens with two attached hydrogens (primary N) is 1. The first-order valence-corrected chi connectivity index (χ1v) is 15.0. The average molecular weight is 617 g/mol. The highest BCUT2D eigenvalue weighted by Gasteiger charge is 2.32. The Hall–Kier alpha value is -4.86. The fourth-order valence-electron chi connectivity index (χ4n) is 4.48. The third-order valence-electron chi connectivity index (χ3n) is 6.81. The van der Waals surface area contributed by atoms with Gasteiger partial charge >= 0.3 is 6.09 Å². The molecular formula is C35H44N4O6. The van der Waals surface area contributed by atoms with E-state index in [1.807, 2.05) is 72.8 Å².